The molecule has 1 atom stereocenters. The molecule has 0 bridgehead atoms. The van der Waals surface area contributed by atoms with Crippen molar-refractivity contribution >= 4 is 22.7 Å². The van der Waals surface area contributed by atoms with Crippen LogP contribution in [0.3, 0.4) is 0 Å². The van der Waals surface area contributed by atoms with Gasteiger partial charge in [-0.25, -0.2) is 4.99 Å². The van der Waals surface area contributed by atoms with Crippen molar-refractivity contribution in [2.45, 2.75) is 26.0 Å². The Bertz CT molecular complexity index is 543. The van der Waals surface area contributed by atoms with Crippen LogP contribution in [0.5, 0.6) is 0 Å². The number of aryl methyl sites for hydroxylation is 1. The van der Waals surface area contributed by atoms with E-state index in [0.717, 1.165) is 16.8 Å². The Kier molecular flexibility index (Phi) is 3.57. The minimum atomic E-state index is -0.0411. The van der Waals surface area contributed by atoms with Crippen LogP contribution in [-0.4, -0.2) is 11.0 Å². The number of rotatable bonds is 2. The lowest BCUT2D eigenvalue weighted by Gasteiger charge is -2.23. The molecule has 0 aliphatic carbocycles. The molecule has 1 aliphatic heterocycles. The number of carbonyl (C=O) groups is 1. The van der Waals surface area contributed by atoms with Gasteiger partial charge in [-0.3, -0.25) is 4.79 Å². The van der Waals surface area contributed by atoms with Crippen molar-refractivity contribution in [1.82, 2.24) is 0 Å². The van der Waals surface area contributed by atoms with E-state index in [2.05, 4.69) is 4.99 Å². The predicted octanol–water partition coefficient (Wildman–Crippen LogP) is 2.96. The third-order valence-electron chi connectivity index (χ3n) is 2.93. The maximum Gasteiger partial charge on any atom is 0.159 e. The van der Waals surface area contributed by atoms with Crippen molar-refractivity contribution in [3.05, 3.63) is 46.7 Å². The predicted molar refractivity (Wildman–Crippen MR) is 76.5 cm³/mol. The average molecular weight is 260 g/mol. The van der Waals surface area contributed by atoms with Gasteiger partial charge >= 0.3 is 0 Å². The van der Waals surface area contributed by atoms with Gasteiger partial charge in [0.2, 0.25) is 0 Å². The summed E-state index contributed by atoms with van der Waals surface area (Å²) in [5.41, 5.74) is 9.58. The third-order valence-corrected chi connectivity index (χ3v) is 4.00. The fourth-order valence-corrected chi connectivity index (χ4v) is 3.22. The first kappa shape index (κ1) is 12.9. The number of nitrogens with zero attached hydrogens (tertiary/aromatic N) is 1. The van der Waals surface area contributed by atoms with Gasteiger partial charge in [-0.1, -0.05) is 41.6 Å². The SMILES string of the molecule is CC(=O)C1=C(C)N=C(N)SC1c1ccc(C)cc1. The fraction of sp³-hybridized carbons (Fsp3) is 0.286. The lowest BCUT2D eigenvalue weighted by molar-refractivity contribution is -0.113. The molecule has 3 nitrogen and oxygen atoms in total. The van der Waals surface area contributed by atoms with E-state index in [1.165, 1.54) is 17.3 Å². The Morgan fingerprint density at radius 3 is 2.44 bits per heavy atom. The molecular formula is C14H16N2OS. The summed E-state index contributed by atoms with van der Waals surface area (Å²) in [6, 6.07) is 8.18. The highest BCUT2D eigenvalue weighted by atomic mass is 32.2. The van der Waals surface area contributed by atoms with E-state index in [1.54, 1.807) is 6.92 Å². The van der Waals surface area contributed by atoms with Crippen molar-refractivity contribution in [1.29, 1.82) is 0 Å². The smallest absolute Gasteiger partial charge is 0.159 e. The van der Waals surface area contributed by atoms with Crippen LogP contribution in [0.4, 0.5) is 0 Å². The van der Waals surface area contributed by atoms with Crippen molar-refractivity contribution in [2.24, 2.45) is 10.7 Å². The quantitative estimate of drug-likeness (QED) is 0.889. The molecule has 1 aliphatic rings. The van der Waals surface area contributed by atoms with Crippen LogP contribution < -0.4 is 5.73 Å². The van der Waals surface area contributed by atoms with Gasteiger partial charge in [-0.15, -0.1) is 0 Å². The molecule has 2 rings (SSSR count). The summed E-state index contributed by atoms with van der Waals surface area (Å²) in [5, 5.41) is 0.476. The Labute approximate surface area is 111 Å². The lowest BCUT2D eigenvalue weighted by atomic mass is 9.99. The highest BCUT2D eigenvalue weighted by Gasteiger charge is 2.27. The Morgan fingerprint density at radius 2 is 1.89 bits per heavy atom. The topological polar surface area (TPSA) is 55.5 Å². The minimum Gasteiger partial charge on any atom is -0.378 e. The molecule has 94 valence electrons. The van der Waals surface area contributed by atoms with Crippen LogP contribution in [0.25, 0.3) is 0 Å². The number of carbonyl (C=O) groups excluding carboxylic acids is 1. The van der Waals surface area contributed by atoms with Crippen molar-refractivity contribution in [3.8, 4) is 0 Å². The lowest BCUT2D eigenvalue weighted by Crippen LogP contribution is -2.19. The van der Waals surface area contributed by atoms with E-state index >= 15 is 0 Å². The molecule has 4 heteroatoms. The first-order valence-electron chi connectivity index (χ1n) is 5.78. The van der Waals surface area contributed by atoms with Crippen LogP contribution in [0, 0.1) is 6.92 Å². The highest BCUT2D eigenvalue weighted by Crippen LogP contribution is 2.41. The first-order chi connectivity index (χ1) is 8.49. The number of ketones is 1. The standard InChI is InChI=1S/C14H16N2OS/c1-8-4-6-11(7-5-8)13-12(10(3)17)9(2)16-14(15)18-13/h4-7,13H,1-3H3,(H2,15,16). The van der Waals surface area contributed by atoms with Crippen molar-refractivity contribution in [2.75, 3.05) is 0 Å². The summed E-state index contributed by atoms with van der Waals surface area (Å²) in [6.45, 7) is 5.46. The zero-order chi connectivity index (χ0) is 13.3. The van der Waals surface area contributed by atoms with E-state index in [0.29, 0.717) is 5.17 Å². The van der Waals surface area contributed by atoms with Crippen LogP contribution >= 0.6 is 11.8 Å². The number of hydrogen-bond acceptors (Lipinski definition) is 4. The normalized spacial score (nSPS) is 19.7. The second kappa shape index (κ2) is 4.98. The number of benzene rings is 1. The van der Waals surface area contributed by atoms with Gasteiger partial charge in [0.05, 0.1) is 5.25 Å². The monoisotopic (exact) mass is 260 g/mol. The number of allylic oxidation sites excluding steroid dienone is 1. The van der Waals surface area contributed by atoms with Crippen LogP contribution in [0.1, 0.15) is 30.2 Å². The first-order valence-corrected chi connectivity index (χ1v) is 6.66. The Morgan fingerprint density at radius 1 is 1.28 bits per heavy atom. The zero-order valence-corrected chi connectivity index (χ0v) is 11.5. The van der Waals surface area contributed by atoms with E-state index in [1.807, 2.05) is 38.1 Å². The number of nitrogens with two attached hydrogens (primary N) is 1. The second-order valence-electron chi connectivity index (χ2n) is 4.41. The molecule has 0 aromatic heterocycles. The molecule has 2 N–H and O–H groups in total. The minimum absolute atomic E-state index is 0.0411. The van der Waals surface area contributed by atoms with Gasteiger partial charge < -0.3 is 5.73 Å². The van der Waals surface area contributed by atoms with Gasteiger partial charge in [-0.2, -0.15) is 0 Å². The van der Waals surface area contributed by atoms with E-state index in [9.17, 15) is 4.79 Å². The van der Waals surface area contributed by atoms with E-state index in [4.69, 9.17) is 5.73 Å². The molecule has 1 heterocycles. The van der Waals surface area contributed by atoms with Crippen LogP contribution in [-0.2, 0) is 4.79 Å². The molecule has 0 saturated carbocycles. The molecule has 0 fully saturated rings. The van der Waals surface area contributed by atoms with Gasteiger partial charge in [-0.05, 0) is 26.3 Å². The van der Waals surface area contributed by atoms with Gasteiger partial charge in [0.1, 0.15) is 0 Å². The fourth-order valence-electron chi connectivity index (χ4n) is 2.04. The second-order valence-corrected chi connectivity index (χ2v) is 5.54. The molecule has 0 radical (unpaired) electrons. The molecule has 18 heavy (non-hydrogen) atoms. The number of thioether (sulfide) groups is 1. The largest absolute Gasteiger partial charge is 0.378 e. The highest BCUT2D eigenvalue weighted by molar-refractivity contribution is 8.14. The van der Waals surface area contributed by atoms with Crippen molar-refractivity contribution < 1.29 is 4.79 Å². The molecular weight excluding hydrogens is 244 g/mol. The summed E-state index contributed by atoms with van der Waals surface area (Å²) >= 11 is 1.43. The molecule has 1 aromatic carbocycles. The summed E-state index contributed by atoms with van der Waals surface area (Å²) in [7, 11) is 0. The van der Waals surface area contributed by atoms with Gasteiger partial charge in [0.15, 0.2) is 11.0 Å². The third kappa shape index (κ3) is 2.48. The maximum absolute atomic E-state index is 11.8. The number of aliphatic imine (C=N–C) groups is 1. The maximum atomic E-state index is 11.8. The molecule has 1 aromatic rings. The Hall–Kier alpha value is -1.55. The van der Waals surface area contributed by atoms with Gasteiger partial charge in [0.25, 0.3) is 0 Å². The zero-order valence-electron chi connectivity index (χ0n) is 10.7. The van der Waals surface area contributed by atoms with Gasteiger partial charge in [0, 0.05) is 11.3 Å². The molecule has 0 spiro atoms. The average Bonchev–Trinajstić information content (AvgIpc) is 2.28. The number of amidine groups is 1. The molecule has 0 saturated heterocycles. The summed E-state index contributed by atoms with van der Waals surface area (Å²) in [4.78, 5) is 16.0. The summed E-state index contributed by atoms with van der Waals surface area (Å²) in [5.74, 6) is 0.0572. The van der Waals surface area contributed by atoms with E-state index in [-0.39, 0.29) is 11.0 Å². The molecule has 0 amide bonds. The molecule has 1 unspecified atom stereocenters. The van der Waals surface area contributed by atoms with Crippen molar-refractivity contribution in [3.63, 3.8) is 0 Å². The summed E-state index contributed by atoms with van der Waals surface area (Å²) in [6.07, 6.45) is 0. The number of Topliss-reactive ketones (excluding diaryl/α,β-unsaturated/α-hetero) is 1. The van der Waals surface area contributed by atoms with Crippen LogP contribution in [0.2, 0.25) is 0 Å². The van der Waals surface area contributed by atoms with E-state index < -0.39 is 0 Å². The van der Waals surface area contributed by atoms with Crippen LogP contribution in [0.15, 0.2) is 40.5 Å². The number of hydrogen-bond donors (Lipinski definition) is 1. The Balaban J connectivity index is 2.47. The summed E-state index contributed by atoms with van der Waals surface area (Å²) < 4.78 is 0.